The molecule has 0 fully saturated rings. The Morgan fingerprint density at radius 2 is 1.65 bits per heavy atom. The van der Waals surface area contributed by atoms with Crippen molar-refractivity contribution in [1.82, 2.24) is 19.5 Å². The van der Waals surface area contributed by atoms with Gasteiger partial charge in [-0.15, -0.1) is 10.2 Å². The Kier molecular flexibility index (Phi) is 7.55. The van der Waals surface area contributed by atoms with Crippen LogP contribution in [0.3, 0.4) is 0 Å². The van der Waals surface area contributed by atoms with Gasteiger partial charge in [-0.25, -0.2) is 13.1 Å². The van der Waals surface area contributed by atoms with Gasteiger partial charge in [0.1, 0.15) is 0 Å². The Morgan fingerprint density at radius 3 is 2.43 bits per heavy atom. The molecular weight excluding hydrogens is 547 g/mol. The first-order valence-corrected chi connectivity index (χ1v) is 14.6. The summed E-state index contributed by atoms with van der Waals surface area (Å²) in [5.74, 6) is 1.07. The highest BCUT2D eigenvalue weighted by Crippen LogP contribution is 2.31. The van der Waals surface area contributed by atoms with Gasteiger partial charge in [0, 0.05) is 10.8 Å². The fraction of sp³-hybridized carbons (Fsp3) is 0.111. The van der Waals surface area contributed by atoms with E-state index in [1.165, 1.54) is 22.9 Å². The average molecular weight is 570 g/mol. The zero-order valence-corrected chi connectivity index (χ0v) is 22.9. The van der Waals surface area contributed by atoms with Crippen LogP contribution in [0.4, 0.5) is 0 Å². The number of nitrogens with one attached hydrogen (secondary N) is 1. The molecule has 5 aromatic rings. The summed E-state index contributed by atoms with van der Waals surface area (Å²) < 4.78 is 30.7. The van der Waals surface area contributed by atoms with Crippen molar-refractivity contribution >= 4 is 55.8 Å². The Morgan fingerprint density at radius 1 is 0.892 bits per heavy atom. The lowest BCUT2D eigenvalue weighted by atomic mass is 10.1. The molecular formula is C27H22Cl2N4O2S2. The molecule has 10 heteroatoms. The lowest BCUT2D eigenvalue weighted by molar-refractivity contribution is 0.578. The molecule has 0 saturated carbocycles. The standard InChI is InChI=1S/C27H22Cl2N4O2S2/c1-18-6-2-3-9-21(18)17-36-27-32-31-26(33(27)25-13-11-22(28)15-24(25)29)16-30-37(34,35)23-12-10-19-7-4-5-8-20(19)14-23/h2-15,30H,16-17H2,1H3. The monoisotopic (exact) mass is 568 g/mol. The van der Waals surface area contributed by atoms with Crippen molar-refractivity contribution in [2.75, 3.05) is 0 Å². The number of rotatable bonds is 8. The minimum Gasteiger partial charge on any atom is -0.271 e. The van der Waals surface area contributed by atoms with E-state index in [-0.39, 0.29) is 11.4 Å². The number of halogens is 2. The molecule has 0 atom stereocenters. The Hall–Kier alpha value is -2.88. The van der Waals surface area contributed by atoms with Crippen LogP contribution in [0.1, 0.15) is 17.0 Å². The number of hydrogen-bond acceptors (Lipinski definition) is 5. The van der Waals surface area contributed by atoms with Gasteiger partial charge in [-0.1, -0.05) is 89.6 Å². The summed E-state index contributed by atoms with van der Waals surface area (Å²) in [5, 5.41) is 12.0. The van der Waals surface area contributed by atoms with E-state index in [1.807, 2.05) is 36.4 Å². The number of benzene rings is 4. The van der Waals surface area contributed by atoms with Crippen LogP contribution >= 0.6 is 35.0 Å². The van der Waals surface area contributed by atoms with Crippen LogP contribution in [0.2, 0.25) is 10.0 Å². The highest BCUT2D eigenvalue weighted by molar-refractivity contribution is 7.98. The molecule has 5 rings (SSSR count). The maximum atomic E-state index is 13.1. The molecule has 0 radical (unpaired) electrons. The zero-order chi connectivity index (χ0) is 26.0. The van der Waals surface area contributed by atoms with Gasteiger partial charge in [-0.3, -0.25) is 4.57 Å². The quantitative estimate of drug-likeness (QED) is 0.208. The third kappa shape index (κ3) is 5.68. The summed E-state index contributed by atoms with van der Waals surface area (Å²) >= 11 is 14.2. The van der Waals surface area contributed by atoms with Crippen molar-refractivity contribution in [3.63, 3.8) is 0 Å². The van der Waals surface area contributed by atoms with Crippen LogP contribution in [0.15, 0.2) is 95.0 Å². The number of aromatic nitrogens is 3. The van der Waals surface area contributed by atoms with Gasteiger partial charge in [0.15, 0.2) is 11.0 Å². The van der Waals surface area contributed by atoms with E-state index in [2.05, 4.69) is 34.0 Å². The SMILES string of the molecule is Cc1ccccc1CSc1nnc(CNS(=O)(=O)c2ccc3ccccc3c2)n1-c1ccc(Cl)cc1Cl. The van der Waals surface area contributed by atoms with Gasteiger partial charge in [0.05, 0.1) is 22.2 Å². The third-order valence-electron chi connectivity index (χ3n) is 5.92. The number of aryl methyl sites for hydroxylation is 1. The molecule has 37 heavy (non-hydrogen) atoms. The largest absolute Gasteiger partial charge is 0.271 e. The molecule has 4 aromatic carbocycles. The van der Waals surface area contributed by atoms with E-state index < -0.39 is 10.0 Å². The second-order valence-corrected chi connectivity index (χ2v) is 11.9. The molecule has 1 aromatic heterocycles. The molecule has 1 N–H and O–H groups in total. The van der Waals surface area contributed by atoms with E-state index in [1.54, 1.807) is 41.0 Å². The van der Waals surface area contributed by atoms with Gasteiger partial charge in [0.2, 0.25) is 10.0 Å². The normalized spacial score (nSPS) is 11.8. The highest BCUT2D eigenvalue weighted by atomic mass is 35.5. The predicted octanol–water partition coefficient (Wildman–Crippen LogP) is 6.81. The van der Waals surface area contributed by atoms with Crippen molar-refractivity contribution < 1.29 is 8.42 Å². The third-order valence-corrected chi connectivity index (χ3v) is 8.84. The van der Waals surface area contributed by atoms with Crippen LogP contribution in [-0.4, -0.2) is 23.2 Å². The fourth-order valence-corrected chi connectivity index (χ4v) is 6.45. The predicted molar refractivity (Wildman–Crippen MR) is 150 cm³/mol. The molecule has 0 aliphatic rings. The second kappa shape index (κ2) is 10.8. The topological polar surface area (TPSA) is 76.9 Å². The van der Waals surface area contributed by atoms with Gasteiger partial charge >= 0.3 is 0 Å². The molecule has 0 saturated heterocycles. The molecule has 188 valence electrons. The van der Waals surface area contributed by atoms with E-state index in [0.717, 1.165) is 10.8 Å². The van der Waals surface area contributed by atoms with Crippen LogP contribution < -0.4 is 4.72 Å². The number of thioether (sulfide) groups is 1. The van der Waals surface area contributed by atoms with E-state index in [9.17, 15) is 8.42 Å². The minimum absolute atomic E-state index is 0.0773. The van der Waals surface area contributed by atoms with Crippen molar-refractivity contribution in [1.29, 1.82) is 0 Å². The molecule has 0 amide bonds. The molecule has 0 unspecified atom stereocenters. The fourth-order valence-electron chi connectivity index (χ4n) is 3.90. The van der Waals surface area contributed by atoms with Gasteiger partial charge in [-0.05, 0) is 59.2 Å². The molecule has 0 aliphatic heterocycles. The zero-order valence-electron chi connectivity index (χ0n) is 19.7. The van der Waals surface area contributed by atoms with Gasteiger partial charge in [0.25, 0.3) is 0 Å². The van der Waals surface area contributed by atoms with Gasteiger partial charge < -0.3 is 0 Å². The maximum Gasteiger partial charge on any atom is 0.240 e. The highest BCUT2D eigenvalue weighted by Gasteiger charge is 2.21. The summed E-state index contributed by atoms with van der Waals surface area (Å²) in [7, 11) is -3.81. The minimum atomic E-state index is -3.81. The summed E-state index contributed by atoms with van der Waals surface area (Å²) in [6.07, 6.45) is 0. The Bertz CT molecular complexity index is 1700. The summed E-state index contributed by atoms with van der Waals surface area (Å²) in [6.45, 7) is 1.98. The molecule has 0 bridgehead atoms. The van der Waals surface area contributed by atoms with Crippen molar-refractivity contribution in [2.24, 2.45) is 0 Å². The van der Waals surface area contributed by atoms with Crippen LogP contribution in [0, 0.1) is 6.92 Å². The number of hydrogen-bond donors (Lipinski definition) is 1. The molecule has 1 heterocycles. The molecule has 6 nitrogen and oxygen atoms in total. The summed E-state index contributed by atoms with van der Waals surface area (Å²) in [6, 6.07) is 25.9. The first-order valence-electron chi connectivity index (χ1n) is 11.4. The Labute approximate surface area is 229 Å². The van der Waals surface area contributed by atoms with Gasteiger partial charge in [-0.2, -0.15) is 0 Å². The summed E-state index contributed by atoms with van der Waals surface area (Å²) in [5.41, 5.74) is 2.96. The lowest BCUT2D eigenvalue weighted by Crippen LogP contribution is -2.25. The summed E-state index contributed by atoms with van der Waals surface area (Å²) in [4.78, 5) is 0.177. The van der Waals surface area contributed by atoms with Crippen molar-refractivity contribution in [3.05, 3.63) is 112 Å². The average Bonchev–Trinajstić information content (AvgIpc) is 3.29. The molecule has 0 spiro atoms. The molecule has 0 aliphatic carbocycles. The van der Waals surface area contributed by atoms with E-state index >= 15 is 0 Å². The van der Waals surface area contributed by atoms with Crippen LogP contribution in [0.25, 0.3) is 16.5 Å². The second-order valence-electron chi connectivity index (χ2n) is 8.38. The van der Waals surface area contributed by atoms with Crippen molar-refractivity contribution in [3.8, 4) is 5.69 Å². The lowest BCUT2D eigenvalue weighted by Gasteiger charge is -2.13. The number of fused-ring (bicyclic) bond motifs is 1. The van der Waals surface area contributed by atoms with Crippen LogP contribution in [-0.2, 0) is 22.3 Å². The van der Waals surface area contributed by atoms with Crippen LogP contribution in [0.5, 0.6) is 0 Å². The number of nitrogens with zero attached hydrogens (tertiary/aromatic N) is 3. The van der Waals surface area contributed by atoms with E-state index in [0.29, 0.717) is 32.5 Å². The first kappa shape index (κ1) is 25.8. The first-order chi connectivity index (χ1) is 17.8. The Balaban J connectivity index is 1.45. The number of sulfonamides is 1. The van der Waals surface area contributed by atoms with E-state index in [4.69, 9.17) is 23.2 Å². The van der Waals surface area contributed by atoms with Crippen molar-refractivity contribution in [2.45, 2.75) is 29.3 Å². The smallest absolute Gasteiger partial charge is 0.240 e. The maximum absolute atomic E-state index is 13.1.